The zero-order valence-electron chi connectivity index (χ0n) is 11.8. The van der Waals surface area contributed by atoms with Crippen molar-refractivity contribution in [3.8, 4) is 0 Å². The summed E-state index contributed by atoms with van der Waals surface area (Å²) < 4.78 is 0. The molecule has 2 atom stereocenters. The van der Waals surface area contributed by atoms with Crippen LogP contribution in [0.1, 0.15) is 58.3 Å². The van der Waals surface area contributed by atoms with E-state index in [9.17, 15) is 4.79 Å². The summed E-state index contributed by atoms with van der Waals surface area (Å²) in [6.45, 7) is 5.47. The van der Waals surface area contributed by atoms with E-state index in [1.807, 2.05) is 0 Å². The summed E-state index contributed by atoms with van der Waals surface area (Å²) in [5, 5.41) is 3.49. The molecule has 2 aliphatic rings. The van der Waals surface area contributed by atoms with Crippen LogP contribution in [-0.2, 0) is 4.79 Å². The third-order valence-corrected chi connectivity index (χ3v) is 4.49. The molecule has 2 unspecified atom stereocenters. The summed E-state index contributed by atoms with van der Waals surface area (Å²) in [6, 6.07) is 0.534. The predicted molar refractivity (Wildman–Crippen MR) is 74.5 cm³/mol. The minimum Gasteiger partial charge on any atom is -0.339 e. The lowest BCUT2D eigenvalue weighted by Crippen LogP contribution is -2.45. The maximum atomic E-state index is 12.3. The van der Waals surface area contributed by atoms with Gasteiger partial charge in [0.25, 0.3) is 0 Å². The normalized spacial score (nSPS) is 28.6. The molecular weight excluding hydrogens is 224 g/mol. The molecule has 0 aliphatic carbocycles. The third kappa shape index (κ3) is 3.47. The number of piperidine rings is 1. The molecule has 18 heavy (non-hydrogen) atoms. The van der Waals surface area contributed by atoms with E-state index in [1.165, 1.54) is 38.5 Å². The van der Waals surface area contributed by atoms with Crippen molar-refractivity contribution >= 4 is 5.91 Å². The molecule has 0 aromatic heterocycles. The number of hydrogen-bond acceptors (Lipinski definition) is 2. The number of carbonyl (C=O) groups is 1. The van der Waals surface area contributed by atoms with Gasteiger partial charge in [-0.3, -0.25) is 4.79 Å². The monoisotopic (exact) mass is 252 g/mol. The fourth-order valence-corrected chi connectivity index (χ4v) is 3.47. The van der Waals surface area contributed by atoms with Crippen LogP contribution in [0, 0.1) is 5.92 Å². The fourth-order valence-electron chi connectivity index (χ4n) is 3.47. The first-order valence-corrected chi connectivity index (χ1v) is 7.83. The van der Waals surface area contributed by atoms with Gasteiger partial charge in [-0.15, -0.1) is 0 Å². The van der Waals surface area contributed by atoms with Crippen molar-refractivity contribution in [2.45, 2.75) is 64.3 Å². The Labute approximate surface area is 111 Å². The molecule has 3 nitrogen and oxygen atoms in total. The molecule has 0 radical (unpaired) electrons. The molecule has 2 heterocycles. The van der Waals surface area contributed by atoms with E-state index in [4.69, 9.17) is 0 Å². The summed E-state index contributed by atoms with van der Waals surface area (Å²) in [5.41, 5.74) is 0. The Bertz CT molecular complexity index is 261. The summed E-state index contributed by atoms with van der Waals surface area (Å²) >= 11 is 0. The number of likely N-dealkylation sites (tertiary alicyclic amines) is 1. The highest BCUT2D eigenvalue weighted by atomic mass is 16.2. The van der Waals surface area contributed by atoms with Gasteiger partial charge in [-0.1, -0.05) is 19.8 Å². The number of amides is 1. The molecule has 2 rings (SSSR count). The van der Waals surface area contributed by atoms with Gasteiger partial charge in [0.05, 0.1) is 0 Å². The fraction of sp³-hybridized carbons (Fsp3) is 0.933. The van der Waals surface area contributed by atoms with Gasteiger partial charge in [0.2, 0.25) is 5.91 Å². The highest BCUT2D eigenvalue weighted by Crippen LogP contribution is 2.28. The predicted octanol–water partition coefficient (Wildman–Crippen LogP) is 2.56. The van der Waals surface area contributed by atoms with Crippen molar-refractivity contribution in [3.63, 3.8) is 0 Å². The van der Waals surface area contributed by atoms with Crippen LogP contribution >= 0.6 is 0 Å². The summed E-state index contributed by atoms with van der Waals surface area (Å²) in [6.07, 6.45) is 9.24. The highest BCUT2D eigenvalue weighted by Gasteiger charge is 2.34. The molecule has 1 amide bonds. The van der Waals surface area contributed by atoms with Crippen molar-refractivity contribution in [2.75, 3.05) is 19.6 Å². The van der Waals surface area contributed by atoms with Gasteiger partial charge in [-0.05, 0) is 51.1 Å². The molecule has 0 spiro atoms. The van der Waals surface area contributed by atoms with Gasteiger partial charge in [0.1, 0.15) is 0 Å². The number of carbonyl (C=O) groups excluding carboxylic acids is 1. The van der Waals surface area contributed by atoms with Crippen LogP contribution in [0.2, 0.25) is 0 Å². The van der Waals surface area contributed by atoms with Crippen molar-refractivity contribution in [1.29, 1.82) is 0 Å². The maximum absolute atomic E-state index is 12.3. The molecule has 2 fully saturated rings. The van der Waals surface area contributed by atoms with Crippen molar-refractivity contribution < 1.29 is 4.79 Å². The summed E-state index contributed by atoms with van der Waals surface area (Å²) in [4.78, 5) is 14.5. The number of unbranched alkanes of at least 4 members (excludes halogenated alkanes) is 2. The Morgan fingerprint density at radius 3 is 2.89 bits per heavy atom. The van der Waals surface area contributed by atoms with E-state index in [2.05, 4.69) is 17.1 Å². The van der Waals surface area contributed by atoms with Crippen LogP contribution in [0.15, 0.2) is 0 Å². The first-order valence-electron chi connectivity index (χ1n) is 7.83. The second kappa shape index (κ2) is 7.13. The standard InChI is InChI=1S/C15H28N2O/c1-2-3-4-9-15(18)17-11-6-8-14(17)13-7-5-10-16-12-13/h13-14,16H,2-12H2,1H3. The molecule has 0 bridgehead atoms. The molecule has 2 aliphatic heterocycles. The lowest BCUT2D eigenvalue weighted by Gasteiger charge is -2.34. The Balaban J connectivity index is 1.84. The number of nitrogens with zero attached hydrogens (tertiary/aromatic N) is 1. The Hall–Kier alpha value is -0.570. The molecule has 1 N–H and O–H groups in total. The first-order chi connectivity index (χ1) is 8.83. The van der Waals surface area contributed by atoms with Crippen LogP contribution in [-0.4, -0.2) is 36.5 Å². The van der Waals surface area contributed by atoms with Crippen LogP contribution < -0.4 is 5.32 Å². The minimum absolute atomic E-state index is 0.413. The Kier molecular flexibility index (Phi) is 5.48. The average molecular weight is 252 g/mol. The van der Waals surface area contributed by atoms with Gasteiger partial charge in [-0.25, -0.2) is 0 Å². The van der Waals surface area contributed by atoms with Crippen LogP contribution in [0.4, 0.5) is 0 Å². The van der Waals surface area contributed by atoms with Gasteiger partial charge >= 0.3 is 0 Å². The number of hydrogen-bond donors (Lipinski definition) is 1. The van der Waals surface area contributed by atoms with Gasteiger partial charge in [0.15, 0.2) is 0 Å². The Morgan fingerprint density at radius 2 is 2.17 bits per heavy atom. The smallest absolute Gasteiger partial charge is 0.222 e. The van der Waals surface area contributed by atoms with E-state index in [1.54, 1.807) is 0 Å². The molecule has 0 aromatic carbocycles. The lowest BCUT2D eigenvalue weighted by molar-refractivity contribution is -0.133. The van der Waals surface area contributed by atoms with Gasteiger partial charge < -0.3 is 10.2 Å². The van der Waals surface area contributed by atoms with E-state index in [0.29, 0.717) is 17.9 Å². The molecule has 2 saturated heterocycles. The first kappa shape index (κ1) is 13.9. The zero-order chi connectivity index (χ0) is 12.8. The SMILES string of the molecule is CCCCCC(=O)N1CCCC1C1CCCNC1. The molecule has 3 heteroatoms. The zero-order valence-corrected chi connectivity index (χ0v) is 11.8. The Morgan fingerprint density at radius 1 is 1.28 bits per heavy atom. The molecule has 0 aromatic rings. The van der Waals surface area contributed by atoms with Crippen molar-refractivity contribution in [2.24, 2.45) is 5.92 Å². The molecule has 104 valence electrons. The maximum Gasteiger partial charge on any atom is 0.222 e. The van der Waals surface area contributed by atoms with E-state index < -0.39 is 0 Å². The van der Waals surface area contributed by atoms with Gasteiger partial charge in [0, 0.05) is 19.0 Å². The summed E-state index contributed by atoms with van der Waals surface area (Å²) in [5.74, 6) is 1.12. The molecular formula is C15H28N2O. The minimum atomic E-state index is 0.413. The number of nitrogens with one attached hydrogen (secondary N) is 1. The van der Waals surface area contributed by atoms with Gasteiger partial charge in [-0.2, -0.15) is 0 Å². The van der Waals surface area contributed by atoms with Crippen molar-refractivity contribution in [3.05, 3.63) is 0 Å². The summed E-state index contributed by atoms with van der Waals surface area (Å²) in [7, 11) is 0. The third-order valence-electron chi connectivity index (χ3n) is 4.49. The second-order valence-electron chi connectivity index (χ2n) is 5.86. The largest absolute Gasteiger partial charge is 0.339 e. The lowest BCUT2D eigenvalue weighted by atomic mass is 9.90. The van der Waals surface area contributed by atoms with Crippen LogP contribution in [0.25, 0.3) is 0 Å². The van der Waals surface area contributed by atoms with Crippen molar-refractivity contribution in [1.82, 2.24) is 10.2 Å². The van der Waals surface area contributed by atoms with Crippen LogP contribution in [0.5, 0.6) is 0 Å². The average Bonchev–Trinajstić information content (AvgIpc) is 2.89. The quantitative estimate of drug-likeness (QED) is 0.763. The molecule has 0 saturated carbocycles. The van der Waals surface area contributed by atoms with Crippen LogP contribution in [0.3, 0.4) is 0 Å². The van der Waals surface area contributed by atoms with E-state index in [-0.39, 0.29) is 0 Å². The topological polar surface area (TPSA) is 32.3 Å². The van der Waals surface area contributed by atoms with E-state index in [0.717, 1.165) is 32.5 Å². The second-order valence-corrected chi connectivity index (χ2v) is 5.86. The highest BCUT2D eigenvalue weighted by molar-refractivity contribution is 5.76. The van der Waals surface area contributed by atoms with E-state index >= 15 is 0 Å². The number of rotatable bonds is 5.